The number of aromatic hydroxyl groups is 1. The molecule has 0 saturated carbocycles. The molecule has 0 aliphatic carbocycles. The van der Waals surface area contributed by atoms with Gasteiger partial charge in [0.2, 0.25) is 0 Å². The third-order valence-electron chi connectivity index (χ3n) is 2.94. The van der Waals surface area contributed by atoms with Crippen LogP contribution >= 0.6 is 0 Å². The first-order valence-corrected chi connectivity index (χ1v) is 5.64. The van der Waals surface area contributed by atoms with Crippen molar-refractivity contribution in [3.63, 3.8) is 0 Å². The van der Waals surface area contributed by atoms with E-state index in [9.17, 15) is 9.90 Å². The molecule has 0 spiro atoms. The molecule has 0 saturated heterocycles. The summed E-state index contributed by atoms with van der Waals surface area (Å²) >= 11 is 0. The first-order chi connectivity index (χ1) is 7.88. The van der Waals surface area contributed by atoms with Crippen molar-refractivity contribution in [3.8, 4) is 5.75 Å². The molecule has 0 unspecified atom stereocenters. The Labute approximate surface area is 104 Å². The SMILES string of the molecule is [B]c1cc(C(C)C)c(O)c(C)c1CC(=O)C=C. The Balaban J connectivity index is 3.30. The van der Waals surface area contributed by atoms with Crippen LogP contribution in [0.15, 0.2) is 18.7 Å². The average Bonchev–Trinajstić information content (AvgIpc) is 2.28. The molecule has 0 aliphatic rings. The number of benzene rings is 1. The summed E-state index contributed by atoms with van der Waals surface area (Å²) < 4.78 is 0. The zero-order valence-corrected chi connectivity index (χ0v) is 10.6. The highest BCUT2D eigenvalue weighted by atomic mass is 16.3. The van der Waals surface area contributed by atoms with Crippen LogP contribution < -0.4 is 5.46 Å². The predicted molar refractivity (Wildman–Crippen MR) is 71.2 cm³/mol. The maximum absolute atomic E-state index is 11.4. The molecule has 0 bridgehead atoms. The van der Waals surface area contributed by atoms with E-state index in [1.54, 1.807) is 13.0 Å². The van der Waals surface area contributed by atoms with Gasteiger partial charge in [0.15, 0.2) is 5.78 Å². The monoisotopic (exact) mass is 228 g/mol. The van der Waals surface area contributed by atoms with Gasteiger partial charge in [-0.2, -0.15) is 0 Å². The standard InChI is InChI=1S/C14H17BO2/c1-5-10(16)6-12-9(4)14(17)11(8(2)3)7-13(12)15/h5,7-8,17H,1,6H2,2-4H3. The Bertz CT molecular complexity index is 462. The molecule has 88 valence electrons. The third-order valence-corrected chi connectivity index (χ3v) is 2.94. The first-order valence-electron chi connectivity index (χ1n) is 5.64. The van der Waals surface area contributed by atoms with E-state index in [1.165, 1.54) is 6.08 Å². The van der Waals surface area contributed by atoms with Gasteiger partial charge in [-0.15, -0.1) is 0 Å². The van der Waals surface area contributed by atoms with Gasteiger partial charge < -0.3 is 5.11 Å². The molecular weight excluding hydrogens is 211 g/mol. The molecule has 0 atom stereocenters. The molecule has 1 N–H and O–H groups in total. The zero-order chi connectivity index (χ0) is 13.2. The van der Waals surface area contributed by atoms with Crippen LogP contribution in [0.4, 0.5) is 0 Å². The Morgan fingerprint density at radius 1 is 1.59 bits per heavy atom. The lowest BCUT2D eigenvalue weighted by atomic mass is 9.81. The van der Waals surface area contributed by atoms with Gasteiger partial charge in [0, 0.05) is 6.42 Å². The molecule has 1 rings (SSSR count). The van der Waals surface area contributed by atoms with Crippen LogP contribution in [0.3, 0.4) is 0 Å². The molecular formula is C14H17BO2. The Kier molecular flexibility index (Phi) is 4.16. The number of hydrogen-bond donors (Lipinski definition) is 1. The second-order valence-electron chi connectivity index (χ2n) is 4.51. The van der Waals surface area contributed by atoms with Crippen LogP contribution in [-0.4, -0.2) is 18.7 Å². The van der Waals surface area contributed by atoms with Gasteiger partial charge in [0.25, 0.3) is 0 Å². The fourth-order valence-electron chi connectivity index (χ4n) is 1.82. The minimum atomic E-state index is -0.100. The van der Waals surface area contributed by atoms with Crippen LogP contribution in [0.2, 0.25) is 0 Å². The van der Waals surface area contributed by atoms with Crippen molar-refractivity contribution in [3.05, 3.63) is 35.4 Å². The lowest BCUT2D eigenvalue weighted by Crippen LogP contribution is -2.17. The normalized spacial score (nSPS) is 10.6. The van der Waals surface area contributed by atoms with Crippen molar-refractivity contribution >= 4 is 19.1 Å². The van der Waals surface area contributed by atoms with Crippen molar-refractivity contribution in [1.82, 2.24) is 0 Å². The highest BCUT2D eigenvalue weighted by Gasteiger charge is 2.15. The maximum Gasteiger partial charge on any atom is 0.159 e. The van der Waals surface area contributed by atoms with Gasteiger partial charge in [-0.25, -0.2) is 0 Å². The number of rotatable bonds is 4. The number of ketones is 1. The Morgan fingerprint density at radius 2 is 2.18 bits per heavy atom. The van der Waals surface area contributed by atoms with Crippen molar-refractivity contribution in [2.45, 2.75) is 33.1 Å². The van der Waals surface area contributed by atoms with E-state index in [-0.39, 0.29) is 23.9 Å². The van der Waals surface area contributed by atoms with Gasteiger partial charge in [0.05, 0.1) is 0 Å². The van der Waals surface area contributed by atoms with Crippen molar-refractivity contribution in [2.24, 2.45) is 0 Å². The lowest BCUT2D eigenvalue weighted by molar-refractivity contribution is -0.114. The zero-order valence-electron chi connectivity index (χ0n) is 10.6. The molecule has 0 aromatic heterocycles. The van der Waals surface area contributed by atoms with E-state index in [4.69, 9.17) is 7.85 Å². The van der Waals surface area contributed by atoms with E-state index in [0.717, 1.165) is 5.56 Å². The summed E-state index contributed by atoms with van der Waals surface area (Å²) in [6.45, 7) is 9.19. The lowest BCUT2D eigenvalue weighted by Gasteiger charge is -2.17. The van der Waals surface area contributed by atoms with E-state index in [0.29, 0.717) is 16.6 Å². The second-order valence-corrected chi connectivity index (χ2v) is 4.51. The fourth-order valence-corrected chi connectivity index (χ4v) is 1.82. The molecule has 0 aliphatic heterocycles. The number of hydrogen-bond acceptors (Lipinski definition) is 2. The quantitative estimate of drug-likeness (QED) is 0.631. The Morgan fingerprint density at radius 3 is 2.65 bits per heavy atom. The van der Waals surface area contributed by atoms with E-state index < -0.39 is 0 Å². The number of phenolic OH excluding ortho intramolecular Hbond substituents is 1. The average molecular weight is 228 g/mol. The van der Waals surface area contributed by atoms with Gasteiger partial charge in [0.1, 0.15) is 13.6 Å². The summed E-state index contributed by atoms with van der Waals surface area (Å²) in [7, 11) is 5.93. The molecule has 3 heteroatoms. The molecule has 1 aromatic rings. The van der Waals surface area contributed by atoms with Crippen LogP contribution in [-0.2, 0) is 11.2 Å². The summed E-state index contributed by atoms with van der Waals surface area (Å²) in [5.41, 5.74) is 2.75. The van der Waals surface area contributed by atoms with Crippen molar-refractivity contribution in [1.29, 1.82) is 0 Å². The number of allylic oxidation sites excluding steroid dienone is 1. The predicted octanol–water partition coefficient (Wildman–Crippen LogP) is 1.92. The maximum atomic E-state index is 11.4. The van der Waals surface area contributed by atoms with Crippen LogP contribution in [0.25, 0.3) is 0 Å². The minimum Gasteiger partial charge on any atom is -0.507 e. The van der Waals surface area contributed by atoms with Gasteiger partial charge in [-0.1, -0.05) is 32.0 Å². The highest BCUT2D eigenvalue weighted by Crippen LogP contribution is 2.29. The number of carbonyl (C=O) groups is 1. The fraction of sp³-hybridized carbons (Fsp3) is 0.357. The van der Waals surface area contributed by atoms with E-state index in [1.807, 2.05) is 13.8 Å². The number of carbonyl (C=O) groups excluding carboxylic acids is 1. The van der Waals surface area contributed by atoms with Crippen molar-refractivity contribution < 1.29 is 9.90 Å². The summed E-state index contributed by atoms with van der Waals surface area (Å²) in [5.74, 6) is 0.331. The van der Waals surface area contributed by atoms with E-state index in [2.05, 4.69) is 6.58 Å². The largest absolute Gasteiger partial charge is 0.507 e. The van der Waals surface area contributed by atoms with E-state index >= 15 is 0 Å². The van der Waals surface area contributed by atoms with Gasteiger partial charge in [-0.3, -0.25) is 4.79 Å². The van der Waals surface area contributed by atoms with Crippen LogP contribution in [0, 0.1) is 6.92 Å². The first kappa shape index (κ1) is 13.6. The van der Waals surface area contributed by atoms with Crippen LogP contribution in [0.1, 0.15) is 36.5 Å². The van der Waals surface area contributed by atoms with Crippen LogP contribution in [0.5, 0.6) is 5.75 Å². The Hall–Kier alpha value is -1.51. The smallest absolute Gasteiger partial charge is 0.159 e. The molecule has 0 fully saturated rings. The molecule has 2 nitrogen and oxygen atoms in total. The summed E-state index contributed by atoms with van der Waals surface area (Å²) in [5, 5.41) is 10.1. The summed E-state index contributed by atoms with van der Waals surface area (Å²) in [4.78, 5) is 11.4. The summed E-state index contributed by atoms with van der Waals surface area (Å²) in [6.07, 6.45) is 1.46. The second kappa shape index (κ2) is 5.22. The van der Waals surface area contributed by atoms with Gasteiger partial charge >= 0.3 is 0 Å². The molecule has 0 heterocycles. The molecule has 17 heavy (non-hydrogen) atoms. The minimum absolute atomic E-state index is 0.100. The molecule has 0 amide bonds. The number of phenols is 1. The molecule has 1 aromatic carbocycles. The third kappa shape index (κ3) is 2.79. The molecule has 2 radical (unpaired) electrons. The topological polar surface area (TPSA) is 37.3 Å². The van der Waals surface area contributed by atoms with Crippen molar-refractivity contribution in [2.75, 3.05) is 0 Å². The van der Waals surface area contributed by atoms with Gasteiger partial charge in [-0.05, 0) is 35.6 Å². The highest BCUT2D eigenvalue weighted by molar-refractivity contribution is 6.34. The summed E-state index contributed by atoms with van der Waals surface area (Å²) in [6, 6.07) is 1.75.